The maximum atomic E-state index is 12.2. The maximum Gasteiger partial charge on any atom is 0.437 e. The first-order chi connectivity index (χ1) is 13.3. The largest absolute Gasteiger partial charge is 0.465 e. The Morgan fingerprint density at radius 1 is 1.21 bits per heavy atom. The van der Waals surface area contributed by atoms with Crippen molar-refractivity contribution in [3.63, 3.8) is 0 Å². The van der Waals surface area contributed by atoms with Crippen LogP contribution in [-0.4, -0.2) is 31.1 Å². The van der Waals surface area contributed by atoms with Crippen molar-refractivity contribution >= 4 is 46.6 Å². The molecule has 0 bridgehead atoms. The van der Waals surface area contributed by atoms with E-state index >= 15 is 0 Å². The number of methoxy groups -OCH3 is 1. The number of nitrogens with one attached hydrogen (secondary N) is 1. The molecule has 0 radical (unpaired) electrons. The second kappa shape index (κ2) is 8.36. The highest BCUT2D eigenvalue weighted by molar-refractivity contribution is 8.00. The lowest BCUT2D eigenvalue weighted by atomic mass is 9.74. The number of amides is 1. The van der Waals surface area contributed by atoms with Gasteiger partial charge in [-0.3, -0.25) is 10.2 Å². The van der Waals surface area contributed by atoms with Crippen molar-refractivity contribution in [1.29, 1.82) is 0 Å². The molecule has 1 amide bonds. The van der Waals surface area contributed by atoms with E-state index in [-0.39, 0.29) is 11.4 Å². The number of hydrogen-bond donors (Lipinski definition) is 1. The minimum Gasteiger partial charge on any atom is -0.465 e. The van der Waals surface area contributed by atoms with E-state index in [9.17, 15) is 9.59 Å². The number of rotatable bonds is 4. The zero-order valence-electron chi connectivity index (χ0n) is 16.2. The van der Waals surface area contributed by atoms with Crippen molar-refractivity contribution in [3.8, 4) is 0 Å². The summed E-state index contributed by atoms with van der Waals surface area (Å²) in [5, 5.41) is 6.81. The minimum absolute atomic E-state index is 0.120. The quantitative estimate of drug-likeness (QED) is 0.320. The van der Waals surface area contributed by atoms with E-state index in [4.69, 9.17) is 9.57 Å². The molecule has 1 N–H and O–H groups in total. The Balaban J connectivity index is 1.91. The summed E-state index contributed by atoms with van der Waals surface area (Å²) in [5.74, 6) is -0.346. The van der Waals surface area contributed by atoms with Crippen LogP contribution in [0, 0.1) is 5.41 Å². The van der Waals surface area contributed by atoms with E-state index < -0.39 is 6.09 Å². The molecule has 0 spiro atoms. The predicted octanol–water partition coefficient (Wildman–Crippen LogP) is 5.18. The molecule has 1 heterocycles. The van der Waals surface area contributed by atoms with Crippen molar-refractivity contribution in [2.45, 2.75) is 30.9 Å². The fraction of sp³-hybridized carbons (Fsp3) is 0.350. The number of para-hydroxylation sites is 1. The van der Waals surface area contributed by atoms with Crippen molar-refractivity contribution < 1.29 is 19.2 Å². The highest BCUT2D eigenvalue weighted by Crippen LogP contribution is 2.45. The van der Waals surface area contributed by atoms with Gasteiger partial charge in [-0.2, -0.15) is 0 Å². The molecule has 2 aromatic rings. The number of thioether (sulfide) groups is 1. The number of anilines is 1. The first kappa shape index (κ1) is 20.4. The number of ether oxygens (including phenoxy) is 1. The third-order valence-corrected chi connectivity index (χ3v) is 6.71. The van der Waals surface area contributed by atoms with E-state index in [0.29, 0.717) is 22.7 Å². The van der Waals surface area contributed by atoms with Crippen LogP contribution < -0.4 is 5.32 Å². The number of nitrogens with zero attached hydrogens (tertiary/aromatic N) is 1. The Morgan fingerprint density at radius 2 is 1.93 bits per heavy atom. The first-order valence-corrected chi connectivity index (χ1v) is 10.8. The number of carbonyl (C=O) groups excluding carboxylic acids is 2. The molecule has 6 nitrogen and oxygen atoms in total. The van der Waals surface area contributed by atoms with Crippen molar-refractivity contribution in [3.05, 3.63) is 46.3 Å². The Labute approximate surface area is 172 Å². The minimum atomic E-state index is -0.655. The van der Waals surface area contributed by atoms with E-state index in [0.717, 1.165) is 21.8 Å². The van der Waals surface area contributed by atoms with E-state index in [2.05, 4.69) is 24.3 Å². The lowest BCUT2D eigenvalue weighted by Crippen LogP contribution is -2.28. The summed E-state index contributed by atoms with van der Waals surface area (Å²) < 4.78 is 5.92. The summed E-state index contributed by atoms with van der Waals surface area (Å²) in [5.41, 5.74) is 2.99. The molecule has 0 unspecified atom stereocenters. The molecule has 1 aliphatic carbocycles. The monoisotopic (exact) mass is 418 g/mol. The van der Waals surface area contributed by atoms with Gasteiger partial charge in [0.05, 0.1) is 17.0 Å². The fourth-order valence-corrected chi connectivity index (χ4v) is 5.24. The van der Waals surface area contributed by atoms with Gasteiger partial charge < -0.3 is 4.74 Å². The maximum absolute atomic E-state index is 12.2. The predicted molar refractivity (Wildman–Crippen MR) is 113 cm³/mol. The molecule has 8 heteroatoms. The van der Waals surface area contributed by atoms with Gasteiger partial charge in [0, 0.05) is 11.3 Å². The van der Waals surface area contributed by atoms with Crippen molar-refractivity contribution in [2.75, 3.05) is 18.7 Å². The lowest BCUT2D eigenvalue weighted by molar-refractivity contribution is 0.0604. The zero-order chi connectivity index (χ0) is 20.3. The van der Waals surface area contributed by atoms with Gasteiger partial charge in [0.25, 0.3) is 0 Å². The van der Waals surface area contributed by atoms with Gasteiger partial charge >= 0.3 is 12.1 Å². The molecular formula is C20H22N2O4S2. The molecule has 0 aliphatic heterocycles. The second-order valence-corrected chi connectivity index (χ2v) is 9.29. The SMILES string of the molecule is COC(=O)c1sc(SC)c2c1CC(C)(C)C/C2=N\OC(=O)Nc1ccccc1. The van der Waals surface area contributed by atoms with Crippen LogP contribution in [-0.2, 0) is 16.0 Å². The highest BCUT2D eigenvalue weighted by atomic mass is 32.2. The summed E-state index contributed by atoms with van der Waals surface area (Å²) >= 11 is 2.95. The molecule has 28 heavy (non-hydrogen) atoms. The second-order valence-electron chi connectivity index (χ2n) is 7.19. The Bertz CT molecular complexity index is 920. The van der Waals surface area contributed by atoms with Crippen LogP contribution in [0.4, 0.5) is 10.5 Å². The van der Waals surface area contributed by atoms with E-state index in [1.165, 1.54) is 18.4 Å². The van der Waals surface area contributed by atoms with Gasteiger partial charge in [0.2, 0.25) is 0 Å². The standard InChI is InChI=1S/C20H22N2O4S2/c1-20(2)10-13-15(18(27-4)28-16(13)17(23)25-3)14(11-20)22-26-19(24)21-12-8-6-5-7-9-12/h5-9H,10-11H2,1-4H3,(H,21,24)/b22-14+. The molecule has 1 aromatic heterocycles. The van der Waals surface area contributed by atoms with Crippen LogP contribution in [0.25, 0.3) is 0 Å². The van der Waals surface area contributed by atoms with Crippen LogP contribution in [0.15, 0.2) is 39.7 Å². The number of esters is 1. The number of benzene rings is 1. The molecule has 148 valence electrons. The van der Waals surface area contributed by atoms with E-state index in [1.807, 2.05) is 24.5 Å². The number of thiophene rings is 1. The Hall–Kier alpha value is -2.32. The smallest absolute Gasteiger partial charge is 0.437 e. The third-order valence-electron chi connectivity index (χ3n) is 4.38. The fourth-order valence-electron chi connectivity index (χ4n) is 3.22. The molecular weight excluding hydrogens is 396 g/mol. The topological polar surface area (TPSA) is 77.0 Å². The molecule has 1 aromatic carbocycles. The van der Waals surface area contributed by atoms with Crippen LogP contribution >= 0.6 is 23.1 Å². The molecule has 0 fully saturated rings. The van der Waals surface area contributed by atoms with Crippen molar-refractivity contribution in [1.82, 2.24) is 0 Å². The molecule has 3 rings (SSSR count). The van der Waals surface area contributed by atoms with Gasteiger partial charge in [-0.05, 0) is 42.2 Å². The van der Waals surface area contributed by atoms with Crippen LogP contribution in [0.3, 0.4) is 0 Å². The Morgan fingerprint density at radius 3 is 2.57 bits per heavy atom. The summed E-state index contributed by atoms with van der Waals surface area (Å²) in [6, 6.07) is 9.04. The van der Waals surface area contributed by atoms with Gasteiger partial charge in [-0.25, -0.2) is 9.59 Å². The van der Waals surface area contributed by atoms with Crippen LogP contribution in [0.2, 0.25) is 0 Å². The summed E-state index contributed by atoms with van der Waals surface area (Å²) in [7, 11) is 1.38. The normalized spacial score (nSPS) is 16.4. The molecule has 0 saturated heterocycles. The average molecular weight is 419 g/mol. The van der Waals surface area contributed by atoms with Crippen LogP contribution in [0.5, 0.6) is 0 Å². The number of carbonyl (C=O) groups is 2. The summed E-state index contributed by atoms with van der Waals surface area (Å²) in [6.45, 7) is 4.21. The first-order valence-electron chi connectivity index (χ1n) is 8.73. The molecule has 1 aliphatic rings. The number of hydrogen-bond acceptors (Lipinski definition) is 7. The molecule has 0 saturated carbocycles. The zero-order valence-corrected chi connectivity index (χ0v) is 17.8. The van der Waals surface area contributed by atoms with Gasteiger partial charge in [0.1, 0.15) is 4.88 Å². The van der Waals surface area contributed by atoms with E-state index in [1.54, 1.807) is 23.9 Å². The average Bonchev–Trinajstić information content (AvgIpc) is 3.03. The summed E-state index contributed by atoms with van der Waals surface area (Å²) in [4.78, 5) is 30.1. The Kier molecular flexibility index (Phi) is 6.10. The summed E-state index contributed by atoms with van der Waals surface area (Å²) in [6.07, 6.45) is 2.67. The number of fused-ring (bicyclic) bond motifs is 1. The van der Waals surface area contributed by atoms with Gasteiger partial charge in [0.15, 0.2) is 0 Å². The molecule has 0 atom stereocenters. The number of oxime groups is 1. The highest BCUT2D eigenvalue weighted by Gasteiger charge is 2.37. The van der Waals surface area contributed by atoms with Crippen molar-refractivity contribution in [2.24, 2.45) is 10.6 Å². The van der Waals surface area contributed by atoms with Gasteiger partial charge in [-0.15, -0.1) is 23.1 Å². The third kappa shape index (κ3) is 4.39. The van der Waals surface area contributed by atoms with Gasteiger partial charge in [-0.1, -0.05) is 37.2 Å². The van der Waals surface area contributed by atoms with Crippen LogP contribution in [0.1, 0.15) is 41.1 Å². The lowest BCUT2D eigenvalue weighted by Gasteiger charge is -2.31.